The molecule has 1 heterocycles. The number of carbonyl (C=O) groups is 4. The van der Waals surface area contributed by atoms with E-state index in [1.165, 1.54) is 6.08 Å². The highest BCUT2D eigenvalue weighted by Crippen LogP contribution is 2.44. The van der Waals surface area contributed by atoms with E-state index in [1.54, 1.807) is 12.1 Å². The molecule has 35 heavy (non-hydrogen) atoms. The second-order valence-electron chi connectivity index (χ2n) is 10.8. The van der Waals surface area contributed by atoms with E-state index in [-0.39, 0.29) is 17.4 Å². The maximum absolute atomic E-state index is 13.6. The van der Waals surface area contributed by atoms with Gasteiger partial charge in [0.05, 0.1) is 18.1 Å². The number of ether oxygens (including phenoxy) is 1. The lowest BCUT2D eigenvalue weighted by atomic mass is 9.69. The Morgan fingerprint density at radius 1 is 1.29 bits per heavy atom. The molecule has 3 rings (SSSR count). The second-order valence-corrected chi connectivity index (χ2v) is 16.0. The van der Waals surface area contributed by atoms with Crippen LogP contribution in [0.1, 0.15) is 50.0 Å². The third-order valence-electron chi connectivity index (χ3n) is 7.52. The maximum Gasteiger partial charge on any atom is 0.397 e. The predicted octanol–water partition coefficient (Wildman–Crippen LogP) is 4.58. The van der Waals surface area contributed by atoms with Crippen LogP contribution in [0.25, 0.3) is 0 Å². The van der Waals surface area contributed by atoms with Crippen molar-refractivity contribution < 1.29 is 28.3 Å². The molecule has 0 unspecified atom stereocenters. The molecule has 0 N–H and O–H groups in total. The number of aryl methyl sites for hydroxylation is 1. The highest BCUT2D eigenvalue weighted by Gasteiger charge is 2.60. The van der Waals surface area contributed by atoms with Gasteiger partial charge in [0.1, 0.15) is 6.61 Å². The van der Waals surface area contributed by atoms with E-state index in [1.807, 2.05) is 13.0 Å². The Kier molecular flexibility index (Phi) is 7.79. The third kappa shape index (κ3) is 5.15. The van der Waals surface area contributed by atoms with Gasteiger partial charge in [0.2, 0.25) is 5.91 Å². The van der Waals surface area contributed by atoms with Crippen LogP contribution in [0.5, 0.6) is 0 Å². The summed E-state index contributed by atoms with van der Waals surface area (Å²) in [5.41, 5.74) is 1.37. The van der Waals surface area contributed by atoms with Crippen molar-refractivity contribution in [3.8, 4) is 0 Å². The minimum atomic E-state index is -2.25. The molecule has 1 aromatic carbocycles. The van der Waals surface area contributed by atoms with Crippen molar-refractivity contribution in [2.75, 3.05) is 6.61 Å². The predicted molar refractivity (Wildman–Crippen MR) is 136 cm³/mol. The van der Waals surface area contributed by atoms with Crippen LogP contribution in [0, 0.1) is 11.8 Å². The molecular formula is C26H34ClNO6Si. The smallest absolute Gasteiger partial charge is 0.397 e. The first-order valence-electron chi connectivity index (χ1n) is 11.9. The van der Waals surface area contributed by atoms with Gasteiger partial charge in [0.25, 0.3) is 0 Å². The van der Waals surface area contributed by atoms with Crippen LogP contribution >= 0.6 is 11.6 Å². The summed E-state index contributed by atoms with van der Waals surface area (Å²) in [7, 11) is -2.25. The fraction of sp³-hybridized carbons (Fsp3) is 0.538. The van der Waals surface area contributed by atoms with Gasteiger partial charge in [0.15, 0.2) is 14.1 Å². The van der Waals surface area contributed by atoms with Crippen LogP contribution in [0.4, 0.5) is 0 Å². The molecule has 1 aliphatic heterocycles. The van der Waals surface area contributed by atoms with Crippen molar-refractivity contribution in [3.63, 3.8) is 0 Å². The molecule has 1 fully saturated rings. The zero-order valence-electron chi connectivity index (χ0n) is 21.2. The molecular weight excluding hydrogens is 486 g/mol. The van der Waals surface area contributed by atoms with Crippen LogP contribution in [-0.2, 0) is 30.0 Å². The van der Waals surface area contributed by atoms with E-state index < -0.39 is 50.1 Å². The number of rotatable bonds is 6. The Balaban J connectivity index is 1.96. The fourth-order valence-corrected chi connectivity index (χ4v) is 6.25. The second kappa shape index (κ2) is 9.99. The first-order valence-corrected chi connectivity index (χ1v) is 15.2. The molecule has 1 saturated heterocycles. The van der Waals surface area contributed by atoms with Gasteiger partial charge in [-0.25, -0.2) is 4.79 Å². The summed E-state index contributed by atoms with van der Waals surface area (Å²) >= 11 is 6.15. The van der Waals surface area contributed by atoms with Crippen molar-refractivity contribution in [1.82, 2.24) is 4.90 Å². The number of nitrogens with zero attached hydrogens (tertiary/aromatic N) is 1. The van der Waals surface area contributed by atoms with Crippen LogP contribution in [0.2, 0.25) is 23.2 Å². The Hall–Kier alpha value is -2.29. The van der Waals surface area contributed by atoms with E-state index in [0.717, 1.165) is 10.5 Å². The average molecular weight is 520 g/mol. The Bertz CT molecular complexity index is 1060. The molecule has 0 radical (unpaired) electrons. The molecule has 0 aromatic heterocycles. The Morgan fingerprint density at radius 3 is 2.54 bits per heavy atom. The van der Waals surface area contributed by atoms with Crippen molar-refractivity contribution in [1.29, 1.82) is 0 Å². The Morgan fingerprint density at radius 2 is 1.94 bits per heavy atom. The van der Waals surface area contributed by atoms with E-state index in [2.05, 4.69) is 40.4 Å². The number of amides is 2. The van der Waals surface area contributed by atoms with E-state index >= 15 is 0 Å². The van der Waals surface area contributed by atoms with Crippen LogP contribution in [-0.4, -0.2) is 55.5 Å². The van der Waals surface area contributed by atoms with Crippen molar-refractivity contribution in [2.45, 2.75) is 70.8 Å². The molecule has 0 saturated carbocycles. The number of fused-ring (bicyclic) bond motifs is 1. The van der Waals surface area contributed by atoms with Gasteiger partial charge in [-0.3, -0.25) is 19.3 Å². The van der Waals surface area contributed by atoms with E-state index in [9.17, 15) is 19.2 Å². The first kappa shape index (κ1) is 27.3. The summed E-state index contributed by atoms with van der Waals surface area (Å²) in [6.45, 7) is 15.6. The highest BCUT2D eigenvalue weighted by molar-refractivity contribution is 6.74. The first-order chi connectivity index (χ1) is 16.2. The van der Waals surface area contributed by atoms with E-state index in [4.69, 9.17) is 20.8 Å². The van der Waals surface area contributed by atoms with Crippen LogP contribution in [0.3, 0.4) is 0 Å². The van der Waals surface area contributed by atoms with Crippen LogP contribution in [0.15, 0.2) is 30.9 Å². The van der Waals surface area contributed by atoms with Gasteiger partial charge in [-0.05, 0) is 55.6 Å². The summed E-state index contributed by atoms with van der Waals surface area (Å²) in [6.07, 6.45) is 1.85. The fourth-order valence-electron chi connectivity index (χ4n) is 4.65. The Labute approximate surface area is 212 Å². The molecule has 190 valence electrons. The monoisotopic (exact) mass is 519 g/mol. The molecule has 1 aliphatic carbocycles. The zero-order valence-corrected chi connectivity index (χ0v) is 23.0. The number of ketones is 1. The number of hydrogen-bond acceptors (Lipinski definition) is 6. The van der Waals surface area contributed by atoms with Gasteiger partial charge >= 0.3 is 11.9 Å². The molecule has 7 nitrogen and oxygen atoms in total. The average Bonchev–Trinajstić information content (AvgIpc) is 2.75. The van der Waals surface area contributed by atoms with Gasteiger partial charge in [-0.1, -0.05) is 51.1 Å². The molecule has 2 aliphatic rings. The number of Topliss-reactive ketones (excluding diaryl/α,β-unsaturated/α-hetero) is 1. The molecule has 4 atom stereocenters. The zero-order chi connectivity index (χ0) is 26.3. The largest absolute Gasteiger partial charge is 0.454 e. The number of carbonyl (C=O) groups excluding carboxylic acids is 4. The highest BCUT2D eigenvalue weighted by atomic mass is 35.5. The molecule has 2 amide bonds. The number of likely N-dealkylation sites (tertiary alicyclic amines) is 1. The standard InChI is InChI=1S/C26H34ClNO6Si/c1-8-13-33-25(32)24(31)28-21(18-12-10-16-9-11-17(27)14-19(16)22(18)29)20(23(28)30)15(2)34-35(6,7)26(3,4)5/h8-9,11,14-15,18,20-21H,1,10,12-13H2,2-7H3/t15-,18+,20-,21-/m1/s1. The van der Waals surface area contributed by atoms with Gasteiger partial charge in [-0.15, -0.1) is 0 Å². The van der Waals surface area contributed by atoms with Gasteiger partial charge in [0, 0.05) is 16.5 Å². The van der Waals surface area contributed by atoms with Crippen molar-refractivity contribution >= 4 is 43.5 Å². The minimum Gasteiger partial charge on any atom is -0.454 e. The lowest BCUT2D eigenvalue weighted by Crippen LogP contribution is -2.71. The van der Waals surface area contributed by atoms with Crippen molar-refractivity contribution in [2.24, 2.45) is 11.8 Å². The lowest BCUT2D eigenvalue weighted by Gasteiger charge is -2.52. The third-order valence-corrected chi connectivity index (χ3v) is 12.3. The summed E-state index contributed by atoms with van der Waals surface area (Å²) < 4.78 is 11.4. The van der Waals surface area contributed by atoms with Gasteiger partial charge in [-0.2, -0.15) is 0 Å². The number of hydrogen-bond donors (Lipinski definition) is 0. The normalized spacial score (nSPS) is 23.3. The van der Waals surface area contributed by atoms with Crippen LogP contribution < -0.4 is 0 Å². The maximum atomic E-state index is 13.6. The molecule has 1 aromatic rings. The summed E-state index contributed by atoms with van der Waals surface area (Å²) in [4.78, 5) is 53.0. The summed E-state index contributed by atoms with van der Waals surface area (Å²) in [6, 6.07) is 4.39. The number of imide groups is 1. The summed E-state index contributed by atoms with van der Waals surface area (Å²) in [5, 5.41) is 0.346. The number of β-lactam (4-membered cyclic amide) rings is 1. The molecule has 0 bridgehead atoms. The molecule has 0 spiro atoms. The van der Waals surface area contributed by atoms with E-state index in [0.29, 0.717) is 23.4 Å². The minimum absolute atomic E-state index is 0.0934. The topological polar surface area (TPSA) is 90.0 Å². The lowest BCUT2D eigenvalue weighted by molar-refractivity contribution is -0.181. The van der Waals surface area contributed by atoms with Crippen molar-refractivity contribution in [3.05, 3.63) is 47.0 Å². The number of halogens is 1. The number of benzene rings is 1. The number of esters is 1. The quantitative estimate of drug-likeness (QED) is 0.180. The molecule has 9 heteroatoms. The SMILES string of the molecule is C=CCOC(=O)C(=O)N1C(=O)[C@H]([C@@H](C)O[Si](C)(C)C(C)(C)C)[C@H]1[C@@H]1CCc2ccc(Cl)cc2C1=O. The van der Waals surface area contributed by atoms with Gasteiger partial charge < -0.3 is 9.16 Å². The summed E-state index contributed by atoms with van der Waals surface area (Å²) in [5.74, 6) is -4.31.